The summed E-state index contributed by atoms with van der Waals surface area (Å²) in [5, 5.41) is 4.62. The smallest absolute Gasteiger partial charge is 0.311 e. The second kappa shape index (κ2) is 8.78. The Hall–Kier alpha value is -2.74. The molecule has 0 aliphatic heterocycles. The standard InChI is InChI=1S/C16H16N2O5S/c1-2-22-15(21)7-12-10-24-16(17-12)18-14(20)9-23-13-6-4-3-5-11(13)8-19/h3-6,8,10H,2,7,9H2,1H3,(H,17,18,20). The van der Waals surface area contributed by atoms with Gasteiger partial charge in [0.1, 0.15) is 5.75 Å². The SMILES string of the molecule is CCOC(=O)Cc1csc(NC(=O)COc2ccccc2C=O)n1. The summed E-state index contributed by atoms with van der Waals surface area (Å²) in [7, 11) is 0. The Bertz CT molecular complexity index is 729. The summed E-state index contributed by atoms with van der Waals surface area (Å²) in [6.07, 6.45) is 0.721. The predicted octanol–water partition coefficient (Wildman–Crippen LogP) is 2.08. The van der Waals surface area contributed by atoms with E-state index in [0.29, 0.717) is 35.0 Å². The molecule has 1 N–H and O–H groups in total. The normalized spacial score (nSPS) is 10.0. The van der Waals surface area contributed by atoms with Gasteiger partial charge in [-0.1, -0.05) is 12.1 Å². The van der Waals surface area contributed by atoms with Crippen molar-refractivity contribution in [2.45, 2.75) is 13.3 Å². The van der Waals surface area contributed by atoms with Gasteiger partial charge in [0, 0.05) is 5.38 Å². The molecule has 24 heavy (non-hydrogen) atoms. The van der Waals surface area contributed by atoms with Gasteiger partial charge in [-0.2, -0.15) is 0 Å². The summed E-state index contributed by atoms with van der Waals surface area (Å²) in [5.41, 5.74) is 0.900. The Morgan fingerprint density at radius 3 is 2.88 bits per heavy atom. The van der Waals surface area contributed by atoms with Crippen LogP contribution in [0.3, 0.4) is 0 Å². The predicted molar refractivity (Wildman–Crippen MR) is 88.4 cm³/mol. The highest BCUT2D eigenvalue weighted by Gasteiger charge is 2.11. The Labute approximate surface area is 142 Å². The first-order valence-corrected chi connectivity index (χ1v) is 8.07. The average molecular weight is 348 g/mol. The molecule has 8 heteroatoms. The van der Waals surface area contributed by atoms with E-state index < -0.39 is 5.91 Å². The van der Waals surface area contributed by atoms with Crippen molar-refractivity contribution in [1.82, 2.24) is 4.98 Å². The summed E-state index contributed by atoms with van der Waals surface area (Å²) in [4.78, 5) is 38.2. The summed E-state index contributed by atoms with van der Waals surface area (Å²) in [6.45, 7) is 1.79. The third kappa shape index (κ3) is 5.17. The van der Waals surface area contributed by atoms with Gasteiger partial charge in [0.25, 0.3) is 5.91 Å². The van der Waals surface area contributed by atoms with Crippen LogP contribution in [0.2, 0.25) is 0 Å². The molecule has 126 valence electrons. The molecule has 1 aromatic heterocycles. The van der Waals surface area contributed by atoms with Crippen LogP contribution in [0.1, 0.15) is 23.0 Å². The van der Waals surface area contributed by atoms with Crippen LogP contribution in [0.15, 0.2) is 29.6 Å². The number of benzene rings is 1. The first-order chi connectivity index (χ1) is 11.6. The zero-order valence-electron chi connectivity index (χ0n) is 13.0. The van der Waals surface area contributed by atoms with Gasteiger partial charge in [-0.05, 0) is 19.1 Å². The number of rotatable bonds is 8. The summed E-state index contributed by atoms with van der Waals surface area (Å²) < 4.78 is 10.2. The third-order valence-electron chi connectivity index (χ3n) is 2.83. The maximum absolute atomic E-state index is 11.9. The summed E-state index contributed by atoms with van der Waals surface area (Å²) >= 11 is 1.20. The molecule has 0 spiro atoms. The third-order valence-corrected chi connectivity index (χ3v) is 3.64. The molecule has 0 aliphatic rings. The van der Waals surface area contributed by atoms with Crippen LogP contribution in [-0.4, -0.2) is 36.4 Å². The Kier molecular flexibility index (Phi) is 6.44. The highest BCUT2D eigenvalue weighted by Crippen LogP contribution is 2.17. The van der Waals surface area contributed by atoms with Crippen LogP contribution in [0.4, 0.5) is 5.13 Å². The fourth-order valence-corrected chi connectivity index (χ4v) is 2.54. The van der Waals surface area contributed by atoms with Crippen molar-refractivity contribution in [3.05, 3.63) is 40.9 Å². The van der Waals surface area contributed by atoms with Gasteiger partial charge in [-0.3, -0.25) is 19.7 Å². The molecule has 0 atom stereocenters. The Balaban J connectivity index is 1.85. The molecule has 1 aromatic carbocycles. The summed E-state index contributed by atoms with van der Waals surface area (Å²) in [5.74, 6) is -0.438. The maximum Gasteiger partial charge on any atom is 0.311 e. The molecule has 0 saturated heterocycles. The Morgan fingerprint density at radius 2 is 2.12 bits per heavy atom. The molecule has 0 radical (unpaired) electrons. The van der Waals surface area contributed by atoms with Crippen molar-refractivity contribution in [2.75, 3.05) is 18.5 Å². The first-order valence-electron chi connectivity index (χ1n) is 7.19. The number of para-hydroxylation sites is 1. The monoisotopic (exact) mass is 348 g/mol. The number of hydrogen-bond acceptors (Lipinski definition) is 7. The van der Waals surface area contributed by atoms with E-state index in [1.807, 2.05) is 0 Å². The van der Waals surface area contributed by atoms with E-state index in [9.17, 15) is 14.4 Å². The van der Waals surface area contributed by atoms with E-state index in [-0.39, 0.29) is 19.0 Å². The van der Waals surface area contributed by atoms with Gasteiger partial charge in [0.15, 0.2) is 18.0 Å². The number of aldehydes is 1. The number of carbonyl (C=O) groups is 3. The molecule has 0 fully saturated rings. The molecular formula is C16H16N2O5S. The van der Waals surface area contributed by atoms with Crippen LogP contribution in [0.25, 0.3) is 0 Å². The number of amides is 1. The van der Waals surface area contributed by atoms with Gasteiger partial charge >= 0.3 is 5.97 Å². The first kappa shape index (κ1) is 17.6. The molecule has 1 heterocycles. The number of anilines is 1. The number of nitrogens with zero attached hydrogens (tertiary/aromatic N) is 1. The van der Waals surface area contributed by atoms with E-state index in [2.05, 4.69) is 10.3 Å². The van der Waals surface area contributed by atoms with Crippen LogP contribution in [0.5, 0.6) is 5.75 Å². The lowest BCUT2D eigenvalue weighted by Gasteiger charge is -2.07. The zero-order chi connectivity index (χ0) is 17.4. The second-order valence-electron chi connectivity index (χ2n) is 4.62. The molecule has 7 nitrogen and oxygen atoms in total. The van der Waals surface area contributed by atoms with Gasteiger partial charge in [-0.25, -0.2) is 4.98 Å². The van der Waals surface area contributed by atoms with Gasteiger partial charge in [-0.15, -0.1) is 11.3 Å². The minimum Gasteiger partial charge on any atom is -0.483 e. The van der Waals surface area contributed by atoms with Crippen molar-refractivity contribution in [2.24, 2.45) is 0 Å². The number of hydrogen-bond donors (Lipinski definition) is 1. The lowest BCUT2D eigenvalue weighted by Crippen LogP contribution is -2.20. The van der Waals surface area contributed by atoms with E-state index >= 15 is 0 Å². The van der Waals surface area contributed by atoms with Crippen molar-refractivity contribution in [1.29, 1.82) is 0 Å². The molecule has 2 rings (SSSR count). The van der Waals surface area contributed by atoms with Crippen molar-refractivity contribution >= 4 is 34.6 Å². The number of aromatic nitrogens is 1. The molecule has 0 aliphatic carbocycles. The number of thiazole rings is 1. The van der Waals surface area contributed by atoms with Crippen LogP contribution >= 0.6 is 11.3 Å². The zero-order valence-corrected chi connectivity index (χ0v) is 13.8. The van der Waals surface area contributed by atoms with Gasteiger partial charge < -0.3 is 9.47 Å². The number of esters is 1. The second-order valence-corrected chi connectivity index (χ2v) is 5.48. The molecule has 0 bridgehead atoms. The van der Waals surface area contributed by atoms with Gasteiger partial charge in [0.2, 0.25) is 0 Å². The highest BCUT2D eigenvalue weighted by molar-refractivity contribution is 7.13. The van der Waals surface area contributed by atoms with Crippen LogP contribution in [0, 0.1) is 0 Å². The fourth-order valence-electron chi connectivity index (χ4n) is 1.81. The van der Waals surface area contributed by atoms with Gasteiger partial charge in [0.05, 0.1) is 24.3 Å². The Morgan fingerprint density at radius 1 is 1.33 bits per heavy atom. The largest absolute Gasteiger partial charge is 0.483 e. The lowest BCUT2D eigenvalue weighted by atomic mass is 10.2. The molecule has 0 saturated carbocycles. The molecule has 2 aromatic rings. The molecular weight excluding hydrogens is 332 g/mol. The van der Waals surface area contributed by atoms with E-state index in [4.69, 9.17) is 9.47 Å². The number of nitrogens with one attached hydrogen (secondary N) is 1. The molecule has 0 unspecified atom stereocenters. The number of carbonyl (C=O) groups excluding carboxylic acids is 3. The number of ether oxygens (including phenoxy) is 2. The van der Waals surface area contributed by atoms with Crippen molar-refractivity contribution < 1.29 is 23.9 Å². The average Bonchev–Trinajstić information content (AvgIpc) is 3.00. The van der Waals surface area contributed by atoms with E-state index in [0.717, 1.165) is 0 Å². The molecule has 1 amide bonds. The fraction of sp³-hybridized carbons (Fsp3) is 0.250. The summed E-state index contributed by atoms with van der Waals surface area (Å²) in [6, 6.07) is 6.63. The van der Waals surface area contributed by atoms with Crippen molar-refractivity contribution in [3.63, 3.8) is 0 Å². The topological polar surface area (TPSA) is 94.6 Å². The quantitative estimate of drug-likeness (QED) is 0.580. The minimum absolute atomic E-state index is 0.0589. The van der Waals surface area contributed by atoms with Crippen LogP contribution in [-0.2, 0) is 20.7 Å². The van der Waals surface area contributed by atoms with Crippen LogP contribution < -0.4 is 10.1 Å². The maximum atomic E-state index is 11.9. The lowest BCUT2D eigenvalue weighted by molar-refractivity contribution is -0.142. The van der Waals surface area contributed by atoms with E-state index in [1.165, 1.54) is 11.3 Å². The van der Waals surface area contributed by atoms with Crippen molar-refractivity contribution in [3.8, 4) is 5.75 Å². The van der Waals surface area contributed by atoms with E-state index in [1.54, 1.807) is 36.6 Å². The minimum atomic E-state index is -0.410. The highest BCUT2D eigenvalue weighted by atomic mass is 32.1.